The molecule has 5 N–H and O–H groups in total. The molecule has 4 atom stereocenters. The molecule has 3 heterocycles. The Balaban J connectivity index is 0.00000256. The van der Waals surface area contributed by atoms with Crippen molar-refractivity contribution in [1.82, 2.24) is 19.9 Å². The molecule has 2 aromatic heterocycles. The molecule has 12 heteroatoms. The fraction of sp³-hybridized carbons (Fsp3) is 0.333. The fourth-order valence-corrected chi connectivity index (χ4v) is 3.59. The van der Waals surface area contributed by atoms with Gasteiger partial charge in [-0.05, 0) is 17.7 Å². The number of carbonyl (C=O) groups is 1. The first kappa shape index (κ1) is 22.4. The Morgan fingerprint density at radius 2 is 2.13 bits per heavy atom. The molecule has 4 rings (SSSR count). The van der Waals surface area contributed by atoms with E-state index in [1.54, 1.807) is 17.0 Å². The molecule has 0 unspecified atom stereocenters. The topological polar surface area (TPSA) is 139 Å². The minimum Gasteiger partial charge on any atom is -1.00 e. The third-order valence-corrected chi connectivity index (χ3v) is 5.13. The number of imidazole rings is 1. The summed E-state index contributed by atoms with van der Waals surface area (Å²) in [5.74, 6) is -0.167. The van der Waals surface area contributed by atoms with Gasteiger partial charge in [-0.3, -0.25) is 9.36 Å². The number of amides is 1. The number of nitrogen functional groups attached to an aromatic ring is 1. The Kier molecular flexibility index (Phi) is 6.58. The van der Waals surface area contributed by atoms with Gasteiger partial charge in [-0.1, -0.05) is 28.7 Å². The number of nitrogens with zero attached hydrogens (tertiary/aromatic N) is 4. The summed E-state index contributed by atoms with van der Waals surface area (Å²) in [6.07, 6.45) is -2.00. The van der Waals surface area contributed by atoms with Crippen molar-refractivity contribution in [3.05, 3.63) is 47.5 Å². The van der Waals surface area contributed by atoms with Gasteiger partial charge in [0.2, 0.25) is 12.0 Å². The Morgan fingerprint density at radius 3 is 2.83 bits per heavy atom. The van der Waals surface area contributed by atoms with Crippen LogP contribution in [-0.2, 0) is 16.1 Å². The lowest BCUT2D eigenvalue weighted by atomic mass is 10.1. The lowest BCUT2D eigenvalue weighted by Crippen LogP contribution is -3.00. The molecule has 0 spiro atoms. The van der Waals surface area contributed by atoms with Crippen molar-refractivity contribution in [3.63, 3.8) is 0 Å². The van der Waals surface area contributed by atoms with Crippen LogP contribution in [0.25, 0.3) is 11.2 Å². The number of benzene rings is 1. The van der Waals surface area contributed by atoms with Crippen LogP contribution in [0, 0.1) is 0 Å². The summed E-state index contributed by atoms with van der Waals surface area (Å²) in [6, 6.07) is 7.39. The van der Waals surface area contributed by atoms with E-state index in [9.17, 15) is 15.0 Å². The summed E-state index contributed by atoms with van der Waals surface area (Å²) in [7, 11) is 1.42. The van der Waals surface area contributed by atoms with Crippen molar-refractivity contribution in [2.45, 2.75) is 31.1 Å². The third-order valence-electron chi connectivity index (χ3n) is 4.90. The predicted molar refractivity (Wildman–Crippen MR) is 103 cm³/mol. The highest BCUT2D eigenvalue weighted by atomic mass is 79.9. The van der Waals surface area contributed by atoms with Gasteiger partial charge < -0.3 is 43.0 Å². The maximum absolute atomic E-state index is 11.9. The van der Waals surface area contributed by atoms with Crippen molar-refractivity contribution in [3.8, 4) is 0 Å². The number of hydrogen-bond acceptors (Lipinski definition) is 7. The standard InChI is InChI=1S/C18H19ClN6O4.BrH/c1-21-17(28)14-12(26)13(27)18(29-14)25-8-22-11-15(20)24(7-23-16(11)25)6-9-3-2-4-10(19)5-9;/h2-5,7-8,12-14,18,20,26-27H,6H2,1H3,(H,21,28);1H/t12-,13+,14-,18+;/m0./s1. The maximum atomic E-state index is 11.9. The second-order valence-electron chi connectivity index (χ2n) is 6.75. The van der Waals surface area contributed by atoms with Gasteiger partial charge in [-0.25, -0.2) is 9.55 Å². The molecule has 1 aliphatic heterocycles. The van der Waals surface area contributed by atoms with E-state index in [1.807, 2.05) is 18.2 Å². The number of halogens is 2. The molecule has 10 nitrogen and oxygen atoms in total. The molecule has 1 saturated heterocycles. The predicted octanol–water partition coefficient (Wildman–Crippen LogP) is -3.63. The van der Waals surface area contributed by atoms with Gasteiger partial charge in [0.1, 0.15) is 18.5 Å². The summed E-state index contributed by atoms with van der Waals surface area (Å²) in [5, 5.41) is 23.5. The van der Waals surface area contributed by atoms with Gasteiger partial charge in [-0.2, -0.15) is 0 Å². The van der Waals surface area contributed by atoms with Crippen molar-refractivity contribution >= 4 is 34.5 Å². The van der Waals surface area contributed by atoms with Gasteiger partial charge in [0.25, 0.3) is 11.7 Å². The Labute approximate surface area is 187 Å². The molecule has 0 radical (unpaired) electrons. The summed E-state index contributed by atoms with van der Waals surface area (Å²) >= 11 is 6.03. The average molecular weight is 500 g/mol. The Morgan fingerprint density at radius 1 is 1.37 bits per heavy atom. The minimum absolute atomic E-state index is 0. The number of carbonyl (C=O) groups excluding carboxylic acids is 1. The van der Waals surface area contributed by atoms with Crippen LogP contribution >= 0.6 is 11.6 Å². The van der Waals surface area contributed by atoms with E-state index in [1.165, 1.54) is 17.9 Å². The van der Waals surface area contributed by atoms with Crippen LogP contribution < -0.4 is 32.6 Å². The van der Waals surface area contributed by atoms with E-state index < -0.39 is 30.4 Å². The van der Waals surface area contributed by atoms with E-state index in [0.717, 1.165) is 5.56 Å². The van der Waals surface area contributed by atoms with Crippen molar-refractivity contribution in [2.75, 3.05) is 12.8 Å². The zero-order chi connectivity index (χ0) is 20.7. The first-order valence-electron chi connectivity index (χ1n) is 8.88. The van der Waals surface area contributed by atoms with Gasteiger partial charge in [0, 0.05) is 12.1 Å². The first-order chi connectivity index (χ1) is 13.9. The number of rotatable bonds is 4. The number of likely N-dealkylation sites (N-methyl/N-ethyl adjacent to an activating group) is 1. The van der Waals surface area contributed by atoms with Gasteiger partial charge >= 0.3 is 0 Å². The van der Waals surface area contributed by atoms with Crippen LogP contribution in [0.3, 0.4) is 0 Å². The van der Waals surface area contributed by atoms with Crippen LogP contribution in [0.5, 0.6) is 0 Å². The Bertz CT molecular complexity index is 1080. The second kappa shape index (κ2) is 8.82. The number of nitrogens with one attached hydrogen (secondary N) is 1. The molecule has 1 aliphatic rings. The summed E-state index contributed by atoms with van der Waals surface area (Å²) < 4.78 is 8.75. The van der Waals surface area contributed by atoms with E-state index in [4.69, 9.17) is 22.1 Å². The second-order valence-corrected chi connectivity index (χ2v) is 7.19. The zero-order valence-electron chi connectivity index (χ0n) is 15.8. The molecule has 30 heavy (non-hydrogen) atoms. The fourth-order valence-electron chi connectivity index (χ4n) is 3.38. The van der Waals surface area contributed by atoms with Crippen molar-refractivity contribution in [1.29, 1.82) is 0 Å². The highest BCUT2D eigenvalue weighted by Crippen LogP contribution is 2.31. The lowest BCUT2D eigenvalue weighted by Gasteiger charge is -2.15. The van der Waals surface area contributed by atoms with Gasteiger partial charge in [-0.15, -0.1) is 0 Å². The lowest BCUT2D eigenvalue weighted by molar-refractivity contribution is -0.675. The molecule has 1 amide bonds. The zero-order valence-corrected chi connectivity index (χ0v) is 18.2. The summed E-state index contributed by atoms with van der Waals surface area (Å²) in [6.45, 7) is 0.447. The van der Waals surface area contributed by atoms with Crippen molar-refractivity contribution in [2.24, 2.45) is 0 Å². The van der Waals surface area contributed by atoms with E-state index in [2.05, 4.69) is 15.3 Å². The first-order valence-corrected chi connectivity index (χ1v) is 9.26. The molecule has 3 aromatic rings. The summed E-state index contributed by atoms with van der Waals surface area (Å²) in [4.78, 5) is 20.5. The minimum atomic E-state index is -1.38. The van der Waals surface area contributed by atoms with E-state index >= 15 is 0 Å². The molecule has 1 fully saturated rings. The Hall–Kier alpha value is -2.31. The number of fused-ring (bicyclic) bond motifs is 1. The molecular weight excluding hydrogens is 480 g/mol. The number of anilines is 1. The number of aromatic nitrogens is 4. The van der Waals surface area contributed by atoms with Crippen LogP contribution in [-0.4, -0.2) is 56.0 Å². The smallest absolute Gasteiger partial charge is 0.251 e. The van der Waals surface area contributed by atoms with E-state index in [0.29, 0.717) is 28.5 Å². The number of nitrogens with two attached hydrogens (primary N) is 1. The highest BCUT2D eigenvalue weighted by Gasteiger charge is 2.47. The largest absolute Gasteiger partial charge is 1.00 e. The van der Waals surface area contributed by atoms with Crippen molar-refractivity contribution < 1.29 is 41.3 Å². The van der Waals surface area contributed by atoms with Crippen LogP contribution in [0.15, 0.2) is 36.9 Å². The maximum Gasteiger partial charge on any atom is 0.251 e. The number of ether oxygens (including phenoxy) is 1. The van der Waals surface area contributed by atoms with Gasteiger partial charge in [0.15, 0.2) is 17.8 Å². The van der Waals surface area contributed by atoms with Crippen LogP contribution in [0.4, 0.5) is 5.82 Å². The normalized spacial score (nSPS) is 23.3. The molecule has 160 valence electrons. The highest BCUT2D eigenvalue weighted by molar-refractivity contribution is 6.30. The SMILES string of the molecule is CNC(=O)[C@H]1O[C@@H](n2cnc3c(N)[n+](Cc4cccc(Cl)c4)cnc32)[C@H](O)[C@@H]1O.[Br-]. The monoisotopic (exact) mass is 498 g/mol. The third kappa shape index (κ3) is 3.86. The molecular formula is C18H20BrClN6O4. The number of hydrogen-bond donors (Lipinski definition) is 4. The molecule has 0 saturated carbocycles. The van der Waals surface area contributed by atoms with E-state index in [-0.39, 0.29) is 17.0 Å². The van der Waals surface area contributed by atoms with Crippen LogP contribution in [0.1, 0.15) is 11.8 Å². The molecule has 1 aromatic carbocycles. The average Bonchev–Trinajstić information content (AvgIpc) is 3.26. The van der Waals surface area contributed by atoms with Crippen LogP contribution in [0.2, 0.25) is 5.02 Å². The number of aliphatic hydroxyl groups is 2. The van der Waals surface area contributed by atoms with Gasteiger partial charge in [0.05, 0.1) is 6.54 Å². The number of aliphatic hydroxyl groups excluding tert-OH is 2. The molecule has 0 bridgehead atoms. The molecule has 0 aliphatic carbocycles. The quantitative estimate of drug-likeness (QED) is 0.272. The summed E-state index contributed by atoms with van der Waals surface area (Å²) in [5.41, 5.74) is 7.98.